The molecule has 17 heavy (non-hydrogen) atoms. The molecule has 0 amide bonds. The molecule has 3 fully saturated rings. The van der Waals surface area contributed by atoms with Crippen molar-refractivity contribution in [3.05, 3.63) is 0 Å². The van der Waals surface area contributed by atoms with Gasteiger partial charge in [0.05, 0.1) is 0 Å². The van der Waals surface area contributed by atoms with Crippen molar-refractivity contribution >= 4 is 0 Å². The number of hydrogen-bond acceptors (Lipinski definition) is 2. The quantitative estimate of drug-likeness (QED) is 0.807. The van der Waals surface area contributed by atoms with E-state index in [1.165, 1.54) is 64.5 Å². The van der Waals surface area contributed by atoms with Crippen molar-refractivity contribution in [3.63, 3.8) is 0 Å². The molecule has 98 valence electrons. The second-order valence-electron chi connectivity index (χ2n) is 6.50. The van der Waals surface area contributed by atoms with Gasteiger partial charge < -0.3 is 10.2 Å². The van der Waals surface area contributed by atoms with Gasteiger partial charge in [0, 0.05) is 24.7 Å². The molecule has 2 heteroatoms. The lowest BCUT2D eigenvalue weighted by atomic mass is 9.96. The molecular weight excluding hydrogens is 208 g/mol. The van der Waals surface area contributed by atoms with Crippen LogP contribution in [-0.2, 0) is 0 Å². The minimum Gasteiger partial charge on any atom is -0.311 e. The summed E-state index contributed by atoms with van der Waals surface area (Å²) in [5.41, 5.74) is 0. The molecule has 0 aromatic heterocycles. The predicted octanol–water partition coefficient (Wildman–Crippen LogP) is 2.78. The van der Waals surface area contributed by atoms with Crippen molar-refractivity contribution in [1.29, 1.82) is 0 Å². The van der Waals surface area contributed by atoms with Crippen LogP contribution in [0.25, 0.3) is 0 Å². The van der Waals surface area contributed by atoms with E-state index in [0.717, 1.165) is 24.0 Å². The van der Waals surface area contributed by atoms with Crippen LogP contribution in [0, 0.1) is 5.92 Å². The third-order valence-corrected chi connectivity index (χ3v) is 5.34. The molecule has 1 saturated carbocycles. The molecule has 2 nitrogen and oxygen atoms in total. The van der Waals surface area contributed by atoms with Crippen molar-refractivity contribution in [2.75, 3.05) is 13.1 Å². The van der Waals surface area contributed by atoms with Crippen LogP contribution in [0.1, 0.15) is 58.3 Å². The van der Waals surface area contributed by atoms with Crippen molar-refractivity contribution in [1.82, 2.24) is 10.2 Å². The zero-order valence-electron chi connectivity index (χ0n) is 11.3. The average molecular weight is 236 g/mol. The van der Waals surface area contributed by atoms with Gasteiger partial charge in [0.15, 0.2) is 0 Å². The maximum Gasteiger partial charge on any atom is 0.0125 e. The number of hydrogen-bond donors (Lipinski definition) is 1. The Morgan fingerprint density at radius 2 is 1.65 bits per heavy atom. The monoisotopic (exact) mass is 236 g/mol. The normalized spacial score (nSPS) is 38.1. The molecule has 3 rings (SSSR count). The Balaban J connectivity index is 1.56. The Bertz CT molecular complexity index is 235. The molecule has 0 spiro atoms. The van der Waals surface area contributed by atoms with Crippen molar-refractivity contribution < 1.29 is 0 Å². The van der Waals surface area contributed by atoms with E-state index >= 15 is 0 Å². The summed E-state index contributed by atoms with van der Waals surface area (Å²) < 4.78 is 0. The minimum absolute atomic E-state index is 0.844. The Labute approximate surface area is 106 Å². The van der Waals surface area contributed by atoms with Crippen LogP contribution in [0.3, 0.4) is 0 Å². The lowest BCUT2D eigenvalue weighted by Gasteiger charge is -2.38. The first-order valence-electron chi connectivity index (χ1n) is 7.85. The van der Waals surface area contributed by atoms with Crippen LogP contribution in [-0.4, -0.2) is 36.1 Å². The van der Waals surface area contributed by atoms with Crippen molar-refractivity contribution in [3.8, 4) is 0 Å². The number of rotatable bonds is 4. The summed E-state index contributed by atoms with van der Waals surface area (Å²) in [7, 11) is 0. The number of nitrogens with one attached hydrogen (secondary N) is 1. The maximum atomic E-state index is 3.77. The zero-order chi connectivity index (χ0) is 11.7. The van der Waals surface area contributed by atoms with Crippen LogP contribution in [0.15, 0.2) is 0 Å². The van der Waals surface area contributed by atoms with Gasteiger partial charge in [-0.1, -0.05) is 19.8 Å². The van der Waals surface area contributed by atoms with Gasteiger partial charge in [-0.3, -0.25) is 0 Å². The fraction of sp³-hybridized carbons (Fsp3) is 1.00. The van der Waals surface area contributed by atoms with Gasteiger partial charge in [-0.15, -0.1) is 0 Å². The molecule has 2 bridgehead atoms. The number of fused-ring (bicyclic) bond motifs is 2. The molecule has 2 atom stereocenters. The molecule has 3 aliphatic rings. The van der Waals surface area contributed by atoms with Gasteiger partial charge in [0.2, 0.25) is 0 Å². The Hall–Kier alpha value is -0.0800. The zero-order valence-corrected chi connectivity index (χ0v) is 11.3. The van der Waals surface area contributed by atoms with E-state index in [4.69, 9.17) is 0 Å². The molecule has 2 heterocycles. The maximum absolute atomic E-state index is 3.77. The van der Waals surface area contributed by atoms with Gasteiger partial charge in [0.1, 0.15) is 0 Å². The Kier molecular flexibility index (Phi) is 3.72. The number of piperidine rings is 1. The van der Waals surface area contributed by atoms with E-state index < -0.39 is 0 Å². The number of nitrogens with zero attached hydrogens (tertiary/aromatic N) is 1. The molecule has 0 aromatic carbocycles. The highest BCUT2D eigenvalue weighted by molar-refractivity contribution is 4.95. The SMILES string of the molecule is CCN(CC1CCCC1)C1CC2CCC(C1)N2. The van der Waals surface area contributed by atoms with E-state index in [9.17, 15) is 0 Å². The molecule has 0 aromatic rings. The Morgan fingerprint density at radius 3 is 2.24 bits per heavy atom. The van der Waals surface area contributed by atoms with E-state index in [-0.39, 0.29) is 0 Å². The van der Waals surface area contributed by atoms with Crippen molar-refractivity contribution in [2.45, 2.75) is 76.4 Å². The standard InChI is InChI=1S/C15H28N2/c1-2-17(11-12-5-3-4-6-12)15-9-13-7-8-14(10-15)16-13/h12-16H,2-11H2,1H3. The van der Waals surface area contributed by atoms with Gasteiger partial charge in [0.25, 0.3) is 0 Å². The summed E-state index contributed by atoms with van der Waals surface area (Å²) in [6, 6.07) is 2.58. The first kappa shape index (κ1) is 12.0. The van der Waals surface area contributed by atoms with Crippen LogP contribution in [0.2, 0.25) is 0 Å². The van der Waals surface area contributed by atoms with Crippen molar-refractivity contribution in [2.24, 2.45) is 5.92 Å². The summed E-state index contributed by atoms with van der Waals surface area (Å²) in [5, 5.41) is 3.77. The lowest BCUT2D eigenvalue weighted by Crippen LogP contribution is -2.49. The molecule has 2 saturated heterocycles. The molecular formula is C15H28N2. The Morgan fingerprint density at radius 1 is 1.00 bits per heavy atom. The fourth-order valence-electron chi connectivity index (χ4n) is 4.39. The molecule has 2 aliphatic heterocycles. The molecule has 1 aliphatic carbocycles. The minimum atomic E-state index is 0.844. The van der Waals surface area contributed by atoms with Gasteiger partial charge in [-0.2, -0.15) is 0 Å². The molecule has 2 unspecified atom stereocenters. The summed E-state index contributed by atoms with van der Waals surface area (Å²) in [4.78, 5) is 2.81. The van der Waals surface area contributed by atoms with Crippen LogP contribution in [0.4, 0.5) is 0 Å². The summed E-state index contributed by atoms with van der Waals surface area (Å²) in [6.45, 7) is 5.01. The van der Waals surface area contributed by atoms with Crippen LogP contribution >= 0.6 is 0 Å². The summed E-state index contributed by atoms with van der Waals surface area (Å²) in [5.74, 6) is 1.02. The largest absolute Gasteiger partial charge is 0.311 e. The first-order valence-corrected chi connectivity index (χ1v) is 7.85. The van der Waals surface area contributed by atoms with E-state index in [1.54, 1.807) is 0 Å². The highest BCUT2D eigenvalue weighted by Crippen LogP contribution is 2.32. The van der Waals surface area contributed by atoms with E-state index in [1.807, 2.05) is 0 Å². The van der Waals surface area contributed by atoms with Crippen LogP contribution < -0.4 is 5.32 Å². The lowest BCUT2D eigenvalue weighted by molar-refractivity contribution is 0.128. The second-order valence-corrected chi connectivity index (χ2v) is 6.50. The highest BCUT2D eigenvalue weighted by Gasteiger charge is 2.36. The molecule has 1 N–H and O–H groups in total. The fourth-order valence-corrected chi connectivity index (χ4v) is 4.39. The summed E-state index contributed by atoms with van der Waals surface area (Å²) >= 11 is 0. The highest BCUT2D eigenvalue weighted by atomic mass is 15.2. The van der Waals surface area contributed by atoms with E-state index in [0.29, 0.717) is 0 Å². The topological polar surface area (TPSA) is 15.3 Å². The average Bonchev–Trinajstić information content (AvgIpc) is 2.96. The first-order chi connectivity index (χ1) is 8.35. The van der Waals surface area contributed by atoms with E-state index in [2.05, 4.69) is 17.1 Å². The third-order valence-electron chi connectivity index (χ3n) is 5.34. The van der Waals surface area contributed by atoms with Gasteiger partial charge in [-0.05, 0) is 51.0 Å². The van der Waals surface area contributed by atoms with Gasteiger partial charge in [-0.25, -0.2) is 0 Å². The summed E-state index contributed by atoms with van der Waals surface area (Å²) in [6.07, 6.45) is 11.7. The van der Waals surface area contributed by atoms with Crippen LogP contribution in [0.5, 0.6) is 0 Å². The third kappa shape index (κ3) is 2.68. The smallest absolute Gasteiger partial charge is 0.0125 e. The van der Waals surface area contributed by atoms with Gasteiger partial charge >= 0.3 is 0 Å². The molecule has 0 radical (unpaired) electrons. The second kappa shape index (κ2) is 5.27. The predicted molar refractivity (Wildman–Crippen MR) is 72.2 cm³/mol.